The third-order valence-electron chi connectivity index (χ3n) is 4.47. The van der Waals surface area contributed by atoms with Crippen molar-refractivity contribution < 1.29 is 0 Å². The second kappa shape index (κ2) is 4.03. The van der Waals surface area contributed by atoms with E-state index in [0.29, 0.717) is 0 Å². The van der Waals surface area contributed by atoms with Gasteiger partial charge in [-0.15, -0.1) is 0 Å². The summed E-state index contributed by atoms with van der Waals surface area (Å²) in [5.74, 6) is 2.51. The Morgan fingerprint density at radius 3 is 2.82 bits per heavy atom. The number of nitrogens with one attached hydrogen (secondary N) is 1. The van der Waals surface area contributed by atoms with Crippen molar-refractivity contribution in [3.8, 4) is 0 Å². The van der Waals surface area contributed by atoms with Gasteiger partial charge >= 0.3 is 0 Å². The van der Waals surface area contributed by atoms with Crippen LogP contribution in [0.5, 0.6) is 0 Å². The molecule has 1 N–H and O–H groups in total. The zero-order chi connectivity index (χ0) is 11.9. The van der Waals surface area contributed by atoms with Crippen molar-refractivity contribution >= 4 is 0 Å². The first kappa shape index (κ1) is 11.1. The van der Waals surface area contributed by atoms with E-state index in [0.717, 1.165) is 30.7 Å². The summed E-state index contributed by atoms with van der Waals surface area (Å²) in [6.07, 6.45) is 3.65. The largest absolute Gasteiger partial charge is 0.316 e. The second-order valence-corrected chi connectivity index (χ2v) is 5.72. The van der Waals surface area contributed by atoms with Crippen LogP contribution in [0.3, 0.4) is 0 Å². The smallest absolute Gasteiger partial charge is 0.142 e. The Kier molecular flexibility index (Phi) is 2.64. The van der Waals surface area contributed by atoms with Crippen molar-refractivity contribution in [1.82, 2.24) is 20.2 Å². The first-order valence-electron chi connectivity index (χ1n) is 6.39. The minimum atomic E-state index is 0.257. The van der Waals surface area contributed by atoms with Crippen molar-refractivity contribution in [2.24, 2.45) is 11.8 Å². The van der Waals surface area contributed by atoms with E-state index in [-0.39, 0.29) is 5.54 Å². The summed E-state index contributed by atoms with van der Waals surface area (Å²) in [6.45, 7) is 9.08. The van der Waals surface area contributed by atoms with Gasteiger partial charge in [0.25, 0.3) is 0 Å². The van der Waals surface area contributed by atoms with Crippen LogP contribution in [0.2, 0.25) is 0 Å². The molecule has 0 aromatic carbocycles. The molecule has 17 heavy (non-hydrogen) atoms. The summed E-state index contributed by atoms with van der Waals surface area (Å²) in [5, 5.41) is 3.51. The molecule has 0 spiro atoms. The van der Waals surface area contributed by atoms with Crippen LogP contribution in [0.15, 0.2) is 18.5 Å². The molecule has 4 nitrogen and oxygen atoms in total. The molecule has 2 aliphatic heterocycles. The van der Waals surface area contributed by atoms with Crippen LogP contribution in [0.1, 0.15) is 19.7 Å². The van der Waals surface area contributed by atoms with Crippen LogP contribution >= 0.6 is 0 Å². The first-order valence-corrected chi connectivity index (χ1v) is 6.39. The predicted molar refractivity (Wildman–Crippen MR) is 66.4 cm³/mol. The number of rotatable bonds is 2. The maximum atomic E-state index is 4.33. The normalized spacial score (nSPS) is 31.6. The van der Waals surface area contributed by atoms with Gasteiger partial charge in [0.1, 0.15) is 5.82 Å². The van der Waals surface area contributed by atoms with E-state index in [9.17, 15) is 0 Å². The van der Waals surface area contributed by atoms with Crippen molar-refractivity contribution in [2.75, 3.05) is 19.6 Å². The summed E-state index contributed by atoms with van der Waals surface area (Å²) in [5.41, 5.74) is 0.257. The lowest BCUT2D eigenvalue weighted by Gasteiger charge is -2.35. The number of fused-ring (bicyclic) bond motifs is 1. The molecule has 1 aromatic heterocycles. The molecule has 1 aromatic rings. The Balaban J connectivity index is 1.77. The number of aromatic nitrogens is 2. The average Bonchev–Trinajstić information content (AvgIpc) is 2.85. The van der Waals surface area contributed by atoms with Crippen LogP contribution in [-0.2, 0) is 6.54 Å². The van der Waals surface area contributed by atoms with E-state index >= 15 is 0 Å². The first-order chi connectivity index (χ1) is 8.18. The molecule has 2 unspecified atom stereocenters. The van der Waals surface area contributed by atoms with E-state index in [1.54, 1.807) is 0 Å². The highest BCUT2D eigenvalue weighted by atomic mass is 15.3. The van der Waals surface area contributed by atoms with Gasteiger partial charge in [0, 0.05) is 31.0 Å². The molecular weight excluding hydrogens is 212 g/mol. The van der Waals surface area contributed by atoms with Gasteiger partial charge < -0.3 is 5.32 Å². The van der Waals surface area contributed by atoms with Crippen LogP contribution in [0.4, 0.5) is 0 Å². The third kappa shape index (κ3) is 1.85. The lowest BCUT2D eigenvalue weighted by Crippen LogP contribution is -2.44. The summed E-state index contributed by atoms with van der Waals surface area (Å²) >= 11 is 0. The van der Waals surface area contributed by atoms with E-state index < -0.39 is 0 Å². The lowest BCUT2D eigenvalue weighted by atomic mass is 9.85. The molecule has 0 bridgehead atoms. The average molecular weight is 232 g/mol. The zero-order valence-electron chi connectivity index (χ0n) is 10.6. The van der Waals surface area contributed by atoms with Gasteiger partial charge in [0.2, 0.25) is 0 Å². The molecule has 2 fully saturated rings. The van der Waals surface area contributed by atoms with E-state index in [1.165, 1.54) is 13.1 Å². The van der Waals surface area contributed by atoms with E-state index in [4.69, 9.17) is 0 Å². The van der Waals surface area contributed by atoms with Crippen LogP contribution in [0.25, 0.3) is 0 Å². The molecule has 3 heterocycles. The summed E-state index contributed by atoms with van der Waals surface area (Å²) in [7, 11) is 0. The van der Waals surface area contributed by atoms with Gasteiger partial charge in [-0.2, -0.15) is 0 Å². The van der Waals surface area contributed by atoms with Crippen molar-refractivity contribution in [3.63, 3.8) is 0 Å². The van der Waals surface area contributed by atoms with Crippen molar-refractivity contribution in [3.05, 3.63) is 24.3 Å². The number of likely N-dealkylation sites (tertiary alicyclic amines) is 1. The van der Waals surface area contributed by atoms with Gasteiger partial charge in [-0.1, -0.05) is 0 Å². The zero-order valence-corrected chi connectivity index (χ0v) is 10.6. The fourth-order valence-electron chi connectivity index (χ4n) is 3.36. The minimum Gasteiger partial charge on any atom is -0.316 e. The molecule has 2 saturated heterocycles. The van der Waals surface area contributed by atoms with Gasteiger partial charge in [-0.25, -0.2) is 9.97 Å². The maximum Gasteiger partial charge on any atom is 0.142 e. The topological polar surface area (TPSA) is 41.0 Å². The molecule has 2 aliphatic rings. The Bertz CT molecular complexity index is 390. The van der Waals surface area contributed by atoms with E-state index in [1.807, 2.05) is 18.5 Å². The Hall–Kier alpha value is -1.00. The quantitative estimate of drug-likeness (QED) is 0.823. The summed E-state index contributed by atoms with van der Waals surface area (Å²) in [4.78, 5) is 11.2. The Morgan fingerprint density at radius 2 is 2.12 bits per heavy atom. The molecule has 4 heteroatoms. The highest BCUT2D eigenvalue weighted by Gasteiger charge is 2.49. The van der Waals surface area contributed by atoms with Gasteiger partial charge in [0.15, 0.2) is 0 Å². The highest BCUT2D eigenvalue weighted by molar-refractivity contribution is 5.05. The number of hydrogen-bond donors (Lipinski definition) is 1. The van der Waals surface area contributed by atoms with Gasteiger partial charge in [-0.3, -0.25) is 4.90 Å². The van der Waals surface area contributed by atoms with Crippen LogP contribution in [0, 0.1) is 11.8 Å². The third-order valence-corrected chi connectivity index (χ3v) is 4.47. The minimum absolute atomic E-state index is 0.257. The van der Waals surface area contributed by atoms with E-state index in [2.05, 4.69) is 34.0 Å². The van der Waals surface area contributed by atoms with Crippen LogP contribution < -0.4 is 5.32 Å². The standard InChI is InChI=1S/C13H20N4/c1-13(2)11-7-14-6-10(11)8-17(13)9-12-15-4-3-5-16-12/h3-5,10-11,14H,6-9H2,1-2H3. The van der Waals surface area contributed by atoms with Gasteiger partial charge in [-0.05, 0) is 38.3 Å². The lowest BCUT2D eigenvalue weighted by molar-refractivity contribution is 0.128. The molecule has 0 saturated carbocycles. The predicted octanol–water partition coefficient (Wildman–Crippen LogP) is 0.906. The molecular formula is C13H20N4. The molecule has 0 radical (unpaired) electrons. The number of nitrogens with zero attached hydrogens (tertiary/aromatic N) is 3. The summed E-state index contributed by atoms with van der Waals surface area (Å²) < 4.78 is 0. The molecule has 0 amide bonds. The van der Waals surface area contributed by atoms with Gasteiger partial charge in [0.05, 0.1) is 6.54 Å². The highest BCUT2D eigenvalue weighted by Crippen LogP contribution is 2.40. The Morgan fingerprint density at radius 1 is 1.35 bits per heavy atom. The summed E-state index contributed by atoms with van der Waals surface area (Å²) in [6, 6.07) is 1.87. The number of hydrogen-bond acceptors (Lipinski definition) is 4. The molecule has 3 rings (SSSR count). The van der Waals surface area contributed by atoms with Crippen LogP contribution in [-0.4, -0.2) is 40.0 Å². The van der Waals surface area contributed by atoms with Crippen molar-refractivity contribution in [2.45, 2.75) is 25.9 Å². The SMILES string of the molecule is CC1(C)C2CNCC2CN1Cc1ncccn1. The molecule has 0 aliphatic carbocycles. The monoisotopic (exact) mass is 232 g/mol. The Labute approximate surface area is 102 Å². The fourth-order valence-corrected chi connectivity index (χ4v) is 3.36. The van der Waals surface area contributed by atoms with Crippen molar-refractivity contribution in [1.29, 1.82) is 0 Å². The molecule has 2 atom stereocenters. The second-order valence-electron chi connectivity index (χ2n) is 5.72. The fraction of sp³-hybridized carbons (Fsp3) is 0.692. The molecule has 92 valence electrons. The maximum absolute atomic E-state index is 4.33.